The third kappa shape index (κ3) is 19.0. The summed E-state index contributed by atoms with van der Waals surface area (Å²) >= 11 is 0. The first-order chi connectivity index (χ1) is 38.0. The zero-order chi connectivity index (χ0) is 54.5. The summed E-state index contributed by atoms with van der Waals surface area (Å²) in [5.41, 5.74) is 8.43. The molecule has 19 heteroatoms. The molecule has 0 aromatic heterocycles. The number of aryl methyl sites for hydroxylation is 2. The third-order valence-corrected chi connectivity index (χ3v) is 14.7. The number of rotatable bonds is 20. The summed E-state index contributed by atoms with van der Waals surface area (Å²) in [5.74, 6) is 0.282. The fraction of sp³-hybridized carbons (Fsp3) is 0.559. The minimum absolute atomic E-state index is 0.0296. The molecule has 6 heterocycles. The van der Waals surface area contributed by atoms with Crippen molar-refractivity contribution in [1.82, 2.24) is 21.2 Å². The fourth-order valence-electron chi connectivity index (χ4n) is 10.1. The van der Waals surface area contributed by atoms with Crippen molar-refractivity contribution in [3.8, 4) is 5.75 Å². The van der Waals surface area contributed by atoms with Gasteiger partial charge in [0.15, 0.2) is 12.6 Å². The number of amides is 2. The van der Waals surface area contributed by atoms with E-state index in [1.54, 1.807) is 17.2 Å². The Labute approximate surface area is 458 Å². The largest absolute Gasteiger partial charge is 0.508 e. The first-order valence-electron chi connectivity index (χ1n) is 27.6. The van der Waals surface area contributed by atoms with Crippen LogP contribution in [0.4, 0.5) is 9.59 Å². The summed E-state index contributed by atoms with van der Waals surface area (Å²) in [6, 6.07) is 33.6. The number of ether oxygens (including phenoxy) is 8. The van der Waals surface area contributed by atoms with Crippen LogP contribution in [0, 0.1) is 25.7 Å². The number of phenolic OH excluding ortho intramolecular Hbond substituents is 1. The van der Waals surface area contributed by atoms with Gasteiger partial charge in [0, 0.05) is 39.5 Å². The Morgan fingerprint density at radius 2 is 1.05 bits per heavy atom. The van der Waals surface area contributed by atoms with Crippen LogP contribution < -0.4 is 16.1 Å². The number of hydrogen-bond donors (Lipinski definition) is 6. The van der Waals surface area contributed by atoms with Gasteiger partial charge in [-0.3, -0.25) is 9.68 Å². The van der Waals surface area contributed by atoms with Gasteiger partial charge in [0.05, 0.1) is 81.3 Å². The van der Waals surface area contributed by atoms with Gasteiger partial charge in [0.25, 0.3) is 0 Å². The van der Waals surface area contributed by atoms with Crippen LogP contribution in [0.25, 0.3) is 0 Å². The second-order valence-electron chi connectivity index (χ2n) is 20.8. The van der Waals surface area contributed by atoms with Crippen molar-refractivity contribution in [1.29, 1.82) is 0 Å². The number of aliphatic hydroxyl groups is 2. The van der Waals surface area contributed by atoms with E-state index in [2.05, 4.69) is 54.2 Å². The average Bonchev–Trinajstić information content (AvgIpc) is 4.30. The van der Waals surface area contributed by atoms with E-state index in [9.17, 15) is 24.9 Å². The number of hydrogen-bond acceptors (Lipinski definition) is 17. The number of nitrogens with one attached hydrogen (secondary N) is 3. The normalized spacial score (nSPS) is 24.5. The van der Waals surface area contributed by atoms with Crippen molar-refractivity contribution >= 4 is 12.2 Å². The molecule has 4 aromatic carbocycles. The number of aliphatic hydroxyl groups excluding tert-OH is 2. The maximum absolute atomic E-state index is 13.0. The van der Waals surface area contributed by atoms with Crippen LogP contribution in [0.2, 0.25) is 0 Å². The minimum Gasteiger partial charge on any atom is -0.508 e. The molecular formula is C59H80N4O15. The van der Waals surface area contributed by atoms with Crippen molar-refractivity contribution in [2.45, 2.75) is 133 Å². The highest BCUT2D eigenvalue weighted by molar-refractivity contribution is 5.68. The average molecular weight is 1090 g/mol. The molecule has 19 nitrogen and oxygen atoms in total. The molecule has 10 rings (SSSR count). The number of carbonyl (C=O) groups excluding carboxylic acids is 2. The summed E-state index contributed by atoms with van der Waals surface area (Å²) in [6.45, 7) is 9.38. The fourth-order valence-corrected chi connectivity index (χ4v) is 10.1. The van der Waals surface area contributed by atoms with Gasteiger partial charge < -0.3 is 63.8 Å². The van der Waals surface area contributed by atoms with Crippen molar-refractivity contribution in [2.24, 2.45) is 11.8 Å². The standard InChI is InChI=1S/C29H38N2O8.C22H32N2O7.C8H10/c32-22-8-6-21(7-9-22)17-31(39-23-10-13-35-14-11-23)18-26(33)25(16-20-4-2-1-3-5-20)30-29(34)38-27-19-37-28-24(27)12-15-36-28;25-19(13-23-31-16-6-9-27-10-7-16)18(12-15-4-2-1-3-5-15)24-22(26)30-20-14-29-21-17(20)8-11-28-21;1-7-3-5-8(2)6-4-7/h1-9,23-28,32-33H,10-19H2,(H,30,34);1-5,16-21,23,25H,6-14H2,(H,24,26);3-6H,1-2H3. The molecule has 0 aliphatic carbocycles. The van der Waals surface area contributed by atoms with E-state index in [0.717, 1.165) is 55.2 Å². The van der Waals surface area contributed by atoms with Gasteiger partial charge in [-0.1, -0.05) is 108 Å². The smallest absolute Gasteiger partial charge is 0.407 e. The van der Waals surface area contributed by atoms with Crippen LogP contribution in [0.3, 0.4) is 0 Å². The van der Waals surface area contributed by atoms with Crippen LogP contribution in [-0.4, -0.2) is 160 Å². The Bertz CT molecular complexity index is 2320. The predicted molar refractivity (Wildman–Crippen MR) is 287 cm³/mol. The lowest BCUT2D eigenvalue weighted by molar-refractivity contribution is -0.231. The zero-order valence-corrected chi connectivity index (χ0v) is 44.9. The third-order valence-electron chi connectivity index (χ3n) is 14.7. The molecule has 0 saturated carbocycles. The van der Waals surface area contributed by atoms with Crippen LogP contribution in [0.15, 0.2) is 109 Å². The van der Waals surface area contributed by atoms with Crippen molar-refractivity contribution in [2.75, 3.05) is 65.9 Å². The summed E-state index contributed by atoms with van der Waals surface area (Å²) in [7, 11) is 0. The van der Waals surface area contributed by atoms with Crippen LogP contribution in [0.1, 0.15) is 66.3 Å². The highest BCUT2D eigenvalue weighted by atomic mass is 16.7. The van der Waals surface area contributed by atoms with E-state index in [0.29, 0.717) is 72.2 Å². The second-order valence-corrected chi connectivity index (χ2v) is 20.8. The van der Waals surface area contributed by atoms with E-state index in [-0.39, 0.29) is 67.7 Å². The molecule has 2 amide bonds. The minimum atomic E-state index is -0.961. The van der Waals surface area contributed by atoms with Gasteiger partial charge in [0.1, 0.15) is 18.0 Å². The Hall–Kier alpha value is -5.26. The Balaban J connectivity index is 0.000000183. The molecule has 6 aliphatic heterocycles. The molecule has 6 aliphatic rings. The Morgan fingerprint density at radius 3 is 1.55 bits per heavy atom. The lowest BCUT2D eigenvalue weighted by atomic mass is 10.0. The molecular weight excluding hydrogens is 1000 g/mol. The number of fused-ring (bicyclic) bond motifs is 2. The predicted octanol–water partition coefficient (Wildman–Crippen LogP) is 6.21. The molecule has 6 saturated heterocycles. The number of nitrogens with zero attached hydrogens (tertiary/aromatic N) is 1. The maximum Gasteiger partial charge on any atom is 0.407 e. The summed E-state index contributed by atoms with van der Waals surface area (Å²) < 4.78 is 44.3. The van der Waals surface area contributed by atoms with Gasteiger partial charge in [-0.05, 0) is 94.0 Å². The number of phenols is 1. The molecule has 0 bridgehead atoms. The van der Waals surface area contributed by atoms with E-state index in [1.165, 1.54) is 11.1 Å². The monoisotopic (exact) mass is 1080 g/mol. The molecule has 6 fully saturated rings. The molecule has 10 atom stereocenters. The van der Waals surface area contributed by atoms with Gasteiger partial charge in [-0.2, -0.15) is 10.5 Å². The molecule has 4 aromatic rings. The highest BCUT2D eigenvalue weighted by Gasteiger charge is 2.45. The van der Waals surface area contributed by atoms with Gasteiger partial charge in [0.2, 0.25) is 0 Å². The van der Waals surface area contributed by atoms with Gasteiger partial charge in [-0.25, -0.2) is 9.59 Å². The highest BCUT2D eigenvalue weighted by Crippen LogP contribution is 2.34. The summed E-state index contributed by atoms with van der Waals surface area (Å²) in [6.07, 6.45) is 1.37. The molecule has 6 N–H and O–H groups in total. The number of benzene rings is 4. The molecule has 0 radical (unpaired) electrons. The topological polar surface area (TPSA) is 226 Å². The first-order valence-corrected chi connectivity index (χ1v) is 27.6. The second kappa shape index (κ2) is 30.9. The van der Waals surface area contributed by atoms with E-state index in [1.807, 2.05) is 72.8 Å². The number of hydroxylamine groups is 3. The number of aromatic hydroxyl groups is 1. The first kappa shape index (κ1) is 58.9. The van der Waals surface area contributed by atoms with Crippen LogP contribution >= 0.6 is 0 Å². The Morgan fingerprint density at radius 1 is 0.577 bits per heavy atom. The van der Waals surface area contributed by atoms with Gasteiger partial charge in [-0.15, -0.1) is 0 Å². The Kier molecular flexibility index (Phi) is 23.3. The van der Waals surface area contributed by atoms with E-state index < -0.39 is 36.5 Å². The van der Waals surface area contributed by atoms with Crippen LogP contribution in [-0.2, 0) is 67.0 Å². The van der Waals surface area contributed by atoms with Gasteiger partial charge >= 0.3 is 12.2 Å². The molecule has 0 spiro atoms. The molecule has 426 valence electrons. The molecule has 78 heavy (non-hydrogen) atoms. The zero-order valence-electron chi connectivity index (χ0n) is 44.9. The lowest BCUT2D eigenvalue weighted by Gasteiger charge is -2.33. The number of carbonyl (C=O) groups is 2. The van der Waals surface area contributed by atoms with E-state index >= 15 is 0 Å². The molecule has 10 unspecified atom stereocenters. The summed E-state index contributed by atoms with van der Waals surface area (Å²) in [4.78, 5) is 37.6. The van der Waals surface area contributed by atoms with Crippen molar-refractivity contribution in [3.05, 3.63) is 137 Å². The lowest BCUT2D eigenvalue weighted by Crippen LogP contribution is -2.51. The quantitative estimate of drug-likeness (QED) is 0.0541. The SMILES string of the molecule is Cc1ccc(C)cc1.O=C(NC(Cc1ccccc1)C(O)CN(Cc1ccc(O)cc1)OC1CCOCC1)OC1COC2OCCC12.O=C(NC(Cc1ccccc1)C(O)CNOC1CCOCC1)OC1COC2OCCC12. The van der Waals surface area contributed by atoms with Crippen LogP contribution in [0.5, 0.6) is 5.75 Å². The summed E-state index contributed by atoms with van der Waals surface area (Å²) in [5, 5.41) is 39.4. The van der Waals surface area contributed by atoms with Crippen molar-refractivity contribution < 1.29 is 72.5 Å². The number of alkyl carbamates (subject to hydrolysis) is 2. The van der Waals surface area contributed by atoms with E-state index in [4.69, 9.17) is 47.6 Å². The maximum atomic E-state index is 13.0. The van der Waals surface area contributed by atoms with Crippen molar-refractivity contribution in [3.63, 3.8) is 0 Å².